The van der Waals surface area contributed by atoms with E-state index in [2.05, 4.69) is 15.6 Å². The van der Waals surface area contributed by atoms with Crippen LogP contribution >= 0.6 is 0 Å². The number of rotatable bonds is 3. The molecule has 98 valence electrons. The van der Waals surface area contributed by atoms with Crippen LogP contribution in [0.25, 0.3) is 0 Å². The average Bonchev–Trinajstić information content (AvgIpc) is 2.79. The fourth-order valence-electron chi connectivity index (χ4n) is 2.52. The molecule has 1 aliphatic carbocycles. The molecule has 0 saturated heterocycles. The van der Waals surface area contributed by atoms with Crippen molar-refractivity contribution in [3.63, 3.8) is 0 Å². The molecule has 0 bridgehead atoms. The SMILES string of the molecule is CN=C(NC)NCC1(C(=O)N(C)C)CCCC1. The van der Waals surface area contributed by atoms with E-state index in [9.17, 15) is 4.79 Å². The Morgan fingerprint density at radius 3 is 2.35 bits per heavy atom. The highest BCUT2D eigenvalue weighted by molar-refractivity contribution is 5.84. The first-order chi connectivity index (χ1) is 8.05. The van der Waals surface area contributed by atoms with E-state index in [4.69, 9.17) is 0 Å². The maximum absolute atomic E-state index is 12.3. The number of nitrogens with zero attached hydrogens (tertiary/aromatic N) is 2. The van der Waals surface area contributed by atoms with Gasteiger partial charge in [-0.3, -0.25) is 9.79 Å². The third-order valence-corrected chi connectivity index (χ3v) is 3.48. The highest BCUT2D eigenvalue weighted by Gasteiger charge is 2.41. The summed E-state index contributed by atoms with van der Waals surface area (Å²) in [7, 11) is 7.21. The molecular formula is C12H24N4O. The number of carbonyl (C=O) groups excluding carboxylic acids is 1. The summed E-state index contributed by atoms with van der Waals surface area (Å²) in [6, 6.07) is 0. The van der Waals surface area contributed by atoms with Gasteiger partial charge in [-0.15, -0.1) is 0 Å². The first-order valence-corrected chi connectivity index (χ1v) is 6.16. The van der Waals surface area contributed by atoms with Gasteiger partial charge in [0.15, 0.2) is 5.96 Å². The standard InChI is InChI=1S/C12H24N4O/c1-13-11(14-2)15-9-12(7-5-6-8-12)10(17)16(3)4/h5-9H2,1-4H3,(H2,13,14,15). The molecule has 17 heavy (non-hydrogen) atoms. The van der Waals surface area contributed by atoms with Crippen molar-refractivity contribution in [2.24, 2.45) is 10.4 Å². The first kappa shape index (κ1) is 13.8. The molecule has 0 aliphatic heterocycles. The lowest BCUT2D eigenvalue weighted by molar-refractivity contribution is -0.138. The average molecular weight is 240 g/mol. The minimum absolute atomic E-state index is 0.231. The Morgan fingerprint density at radius 2 is 1.94 bits per heavy atom. The number of hydrogen-bond donors (Lipinski definition) is 2. The number of amides is 1. The van der Waals surface area contributed by atoms with Crippen LogP contribution in [0.1, 0.15) is 25.7 Å². The van der Waals surface area contributed by atoms with Crippen LogP contribution in [0.3, 0.4) is 0 Å². The van der Waals surface area contributed by atoms with E-state index in [1.54, 1.807) is 11.9 Å². The zero-order valence-electron chi connectivity index (χ0n) is 11.3. The summed E-state index contributed by atoms with van der Waals surface area (Å²) in [5.74, 6) is 0.969. The molecule has 5 nitrogen and oxygen atoms in total. The summed E-state index contributed by atoms with van der Waals surface area (Å²) in [4.78, 5) is 18.1. The molecule has 0 heterocycles. The summed E-state index contributed by atoms with van der Waals surface area (Å²) in [6.45, 7) is 0.664. The Bertz CT molecular complexity index is 293. The number of nitrogens with one attached hydrogen (secondary N) is 2. The number of carbonyl (C=O) groups is 1. The molecule has 2 N–H and O–H groups in total. The number of hydrogen-bond acceptors (Lipinski definition) is 2. The van der Waals surface area contributed by atoms with Crippen LogP contribution in [-0.2, 0) is 4.79 Å². The summed E-state index contributed by atoms with van der Waals surface area (Å²) < 4.78 is 0. The van der Waals surface area contributed by atoms with E-state index in [1.165, 1.54) is 0 Å². The zero-order valence-corrected chi connectivity index (χ0v) is 11.3. The fourth-order valence-corrected chi connectivity index (χ4v) is 2.52. The van der Waals surface area contributed by atoms with E-state index in [1.807, 2.05) is 21.1 Å². The van der Waals surface area contributed by atoms with Crippen molar-refractivity contribution in [2.45, 2.75) is 25.7 Å². The second-order valence-corrected chi connectivity index (χ2v) is 4.86. The normalized spacial score (nSPS) is 18.9. The van der Waals surface area contributed by atoms with Crippen molar-refractivity contribution >= 4 is 11.9 Å². The Labute approximate surface area is 104 Å². The molecule has 5 heteroatoms. The maximum Gasteiger partial charge on any atom is 0.230 e. The van der Waals surface area contributed by atoms with Crippen LogP contribution in [0, 0.1) is 5.41 Å². The summed E-state index contributed by atoms with van der Waals surface area (Å²) in [5.41, 5.74) is -0.240. The predicted molar refractivity (Wildman–Crippen MR) is 70.0 cm³/mol. The molecule has 0 aromatic heterocycles. The Morgan fingerprint density at radius 1 is 1.35 bits per heavy atom. The lowest BCUT2D eigenvalue weighted by Crippen LogP contribution is -2.48. The quantitative estimate of drug-likeness (QED) is 0.555. The monoisotopic (exact) mass is 240 g/mol. The highest BCUT2D eigenvalue weighted by Crippen LogP contribution is 2.38. The van der Waals surface area contributed by atoms with Gasteiger partial charge in [-0.2, -0.15) is 0 Å². The van der Waals surface area contributed by atoms with Crippen LogP contribution < -0.4 is 10.6 Å². The van der Waals surface area contributed by atoms with Crippen LogP contribution in [0.15, 0.2) is 4.99 Å². The maximum atomic E-state index is 12.3. The van der Waals surface area contributed by atoms with Gasteiger partial charge in [0.25, 0.3) is 0 Å². The van der Waals surface area contributed by atoms with Gasteiger partial charge >= 0.3 is 0 Å². The van der Waals surface area contributed by atoms with Crippen LogP contribution in [0.5, 0.6) is 0 Å². The van der Waals surface area contributed by atoms with Crippen molar-refractivity contribution in [1.82, 2.24) is 15.5 Å². The smallest absolute Gasteiger partial charge is 0.230 e. The van der Waals surface area contributed by atoms with Crippen molar-refractivity contribution in [3.8, 4) is 0 Å². The van der Waals surface area contributed by atoms with Crippen LogP contribution in [0.4, 0.5) is 0 Å². The number of guanidine groups is 1. The molecule has 0 atom stereocenters. The van der Waals surface area contributed by atoms with E-state index in [-0.39, 0.29) is 11.3 Å². The van der Waals surface area contributed by atoms with Crippen molar-refractivity contribution in [1.29, 1.82) is 0 Å². The molecule has 0 spiro atoms. The topological polar surface area (TPSA) is 56.7 Å². The minimum Gasteiger partial charge on any atom is -0.359 e. The van der Waals surface area contributed by atoms with Crippen molar-refractivity contribution < 1.29 is 4.79 Å². The molecule has 0 radical (unpaired) electrons. The predicted octanol–water partition coefficient (Wildman–Crippen LogP) is 0.430. The zero-order chi connectivity index (χ0) is 12.9. The molecule has 1 saturated carbocycles. The van der Waals surface area contributed by atoms with E-state index in [0.717, 1.165) is 31.6 Å². The number of aliphatic imine (C=N–C) groups is 1. The molecule has 0 aromatic carbocycles. The minimum atomic E-state index is -0.240. The summed E-state index contributed by atoms with van der Waals surface area (Å²) in [5, 5.41) is 6.20. The summed E-state index contributed by atoms with van der Waals surface area (Å²) >= 11 is 0. The molecule has 1 amide bonds. The molecule has 1 aliphatic rings. The lowest BCUT2D eigenvalue weighted by Gasteiger charge is -2.31. The lowest BCUT2D eigenvalue weighted by atomic mass is 9.84. The van der Waals surface area contributed by atoms with Gasteiger partial charge < -0.3 is 15.5 Å². The van der Waals surface area contributed by atoms with E-state index < -0.39 is 0 Å². The van der Waals surface area contributed by atoms with Gasteiger partial charge in [-0.1, -0.05) is 12.8 Å². The Balaban J connectivity index is 2.69. The second-order valence-electron chi connectivity index (χ2n) is 4.86. The summed E-state index contributed by atoms with van der Waals surface area (Å²) in [6.07, 6.45) is 4.22. The first-order valence-electron chi connectivity index (χ1n) is 6.16. The van der Waals surface area contributed by atoms with Gasteiger partial charge in [-0.05, 0) is 12.8 Å². The van der Waals surface area contributed by atoms with E-state index in [0.29, 0.717) is 6.54 Å². The van der Waals surface area contributed by atoms with E-state index >= 15 is 0 Å². The van der Waals surface area contributed by atoms with Gasteiger partial charge in [0.05, 0.1) is 5.41 Å². The Kier molecular flexibility index (Phi) is 4.78. The van der Waals surface area contributed by atoms with Crippen LogP contribution in [-0.4, -0.2) is 51.5 Å². The van der Waals surface area contributed by atoms with Gasteiger partial charge in [0.2, 0.25) is 5.91 Å². The third-order valence-electron chi connectivity index (χ3n) is 3.48. The molecule has 0 aromatic rings. The molecule has 1 fully saturated rings. The van der Waals surface area contributed by atoms with Crippen molar-refractivity contribution in [2.75, 3.05) is 34.7 Å². The molecule has 0 unspecified atom stereocenters. The molecule has 1 rings (SSSR count). The van der Waals surface area contributed by atoms with Gasteiger partial charge in [0.1, 0.15) is 0 Å². The molecular weight excluding hydrogens is 216 g/mol. The van der Waals surface area contributed by atoms with Gasteiger partial charge in [-0.25, -0.2) is 0 Å². The Hall–Kier alpha value is -1.26. The fraction of sp³-hybridized carbons (Fsp3) is 0.833. The third kappa shape index (κ3) is 3.11. The van der Waals surface area contributed by atoms with Crippen molar-refractivity contribution in [3.05, 3.63) is 0 Å². The highest BCUT2D eigenvalue weighted by atomic mass is 16.2. The van der Waals surface area contributed by atoms with Crippen LogP contribution in [0.2, 0.25) is 0 Å². The van der Waals surface area contributed by atoms with Gasteiger partial charge in [0, 0.05) is 34.7 Å². The largest absolute Gasteiger partial charge is 0.359 e. The second kappa shape index (κ2) is 5.89.